The van der Waals surface area contributed by atoms with E-state index in [1.165, 1.54) is 0 Å². The van der Waals surface area contributed by atoms with Crippen molar-refractivity contribution in [1.29, 1.82) is 0 Å². The molecule has 0 fully saturated rings. The SMILES string of the molecule is C=CC1=C(C)c2cc3[n-]c(cc4nc(cc5[n-]c(cc1n2)c(C)c5CCC(=O)O)C(CCC(=O)O)=C4C)c(C)c3C=C.[Pd+2]. The average molecular weight is 667 g/mol. The molecule has 9 heteroatoms. The Kier molecular flexibility index (Phi) is 9.19. The second-order valence-corrected chi connectivity index (χ2v) is 10.6. The number of hydrogen-bond donors (Lipinski definition) is 2. The Morgan fingerprint density at radius 1 is 0.721 bits per heavy atom. The molecule has 0 unspecified atom stereocenters. The summed E-state index contributed by atoms with van der Waals surface area (Å²) in [5.41, 5.74) is 12.6. The Morgan fingerprint density at radius 3 is 1.91 bits per heavy atom. The number of carboxylic acid groups (broad SMARTS) is 2. The first-order valence-electron chi connectivity index (χ1n) is 13.8. The fourth-order valence-electron chi connectivity index (χ4n) is 5.61. The number of fused-ring (bicyclic) bond motifs is 8. The molecule has 0 saturated heterocycles. The normalized spacial score (nSPS) is 12.7. The summed E-state index contributed by atoms with van der Waals surface area (Å²) in [6.07, 6.45) is 4.06. The van der Waals surface area contributed by atoms with Crippen molar-refractivity contribution in [1.82, 2.24) is 19.9 Å². The summed E-state index contributed by atoms with van der Waals surface area (Å²) < 4.78 is 0. The number of carbonyl (C=O) groups is 2. The second kappa shape index (κ2) is 12.5. The molecule has 0 atom stereocenters. The second-order valence-electron chi connectivity index (χ2n) is 10.6. The summed E-state index contributed by atoms with van der Waals surface area (Å²) in [6.45, 7) is 15.9. The van der Waals surface area contributed by atoms with E-state index in [1.54, 1.807) is 12.2 Å². The van der Waals surface area contributed by atoms with Gasteiger partial charge in [-0.15, -0.1) is 22.1 Å². The van der Waals surface area contributed by atoms with Crippen molar-refractivity contribution in [3.63, 3.8) is 0 Å². The molecule has 0 aromatic carbocycles. The van der Waals surface area contributed by atoms with Crippen LogP contribution in [0.3, 0.4) is 0 Å². The molecule has 43 heavy (non-hydrogen) atoms. The van der Waals surface area contributed by atoms with Crippen molar-refractivity contribution in [3.05, 3.63) is 88.5 Å². The van der Waals surface area contributed by atoms with Crippen molar-refractivity contribution in [2.45, 2.75) is 53.4 Å². The van der Waals surface area contributed by atoms with Crippen LogP contribution in [0.2, 0.25) is 0 Å². The predicted molar refractivity (Wildman–Crippen MR) is 167 cm³/mol. The van der Waals surface area contributed by atoms with E-state index < -0.39 is 11.9 Å². The number of carboxylic acids is 2. The molecular formula is C34H32N4O4Pd. The summed E-state index contributed by atoms with van der Waals surface area (Å²) in [4.78, 5) is 42.7. The van der Waals surface area contributed by atoms with Crippen LogP contribution in [0.5, 0.6) is 0 Å². The van der Waals surface area contributed by atoms with Crippen LogP contribution in [0.4, 0.5) is 0 Å². The molecule has 0 aliphatic carbocycles. The van der Waals surface area contributed by atoms with E-state index in [0.29, 0.717) is 41.0 Å². The zero-order valence-electron chi connectivity index (χ0n) is 24.5. The van der Waals surface area contributed by atoms with E-state index in [-0.39, 0.29) is 33.3 Å². The molecular weight excluding hydrogens is 635 g/mol. The van der Waals surface area contributed by atoms with E-state index in [9.17, 15) is 19.8 Å². The number of aliphatic carboxylic acids is 2. The smallest absolute Gasteiger partial charge is 0.657 e. The summed E-state index contributed by atoms with van der Waals surface area (Å²) in [7, 11) is 0. The monoisotopic (exact) mass is 666 g/mol. The van der Waals surface area contributed by atoms with E-state index in [0.717, 1.165) is 61.3 Å². The zero-order valence-corrected chi connectivity index (χ0v) is 26.1. The molecule has 0 saturated carbocycles. The fraction of sp³-hybridized carbons (Fsp3) is 0.235. The molecule has 2 aliphatic rings. The first-order valence-corrected chi connectivity index (χ1v) is 13.8. The van der Waals surface area contributed by atoms with Gasteiger partial charge in [0.25, 0.3) is 0 Å². The Morgan fingerprint density at radius 2 is 1.26 bits per heavy atom. The third-order valence-corrected chi connectivity index (χ3v) is 8.06. The molecule has 2 N–H and O–H groups in total. The van der Waals surface area contributed by atoms with Crippen molar-refractivity contribution in [2.24, 2.45) is 0 Å². The van der Waals surface area contributed by atoms with Crippen LogP contribution in [-0.2, 0) is 36.4 Å². The minimum Gasteiger partial charge on any atom is -0.657 e. The summed E-state index contributed by atoms with van der Waals surface area (Å²) in [6, 6.07) is 7.62. The van der Waals surface area contributed by atoms with Crippen molar-refractivity contribution in [2.75, 3.05) is 0 Å². The maximum Gasteiger partial charge on any atom is 2.00 e. The van der Waals surface area contributed by atoms with Gasteiger partial charge in [0.1, 0.15) is 0 Å². The number of hydrogen-bond acceptors (Lipinski definition) is 4. The van der Waals surface area contributed by atoms with Crippen molar-refractivity contribution < 1.29 is 40.2 Å². The first kappa shape index (κ1) is 31.6. The standard InChI is InChI=1S/C34H34N4O4.Pd/c1-7-21-17(3)25-13-26-19(5)23(9-11-33(39)40)31(37-26)16-32-24(10-12-34(41)42)20(6)28(38-32)15-30-22(8-2)18(4)27(36-30)14-29(21)35-25;/h7-8,13-16H,1-2,9-12H2,3-6H3,(H4,35,36,37,38,39,40,41,42);/q;+2/p-2. The van der Waals surface area contributed by atoms with Crippen LogP contribution >= 0.6 is 0 Å². The van der Waals surface area contributed by atoms with Gasteiger partial charge in [-0.05, 0) is 62.8 Å². The Labute approximate surface area is 263 Å². The van der Waals surface area contributed by atoms with E-state index in [2.05, 4.69) is 13.2 Å². The number of aryl methyl sites for hydroxylation is 3. The van der Waals surface area contributed by atoms with Crippen LogP contribution in [0.25, 0.3) is 50.4 Å². The number of aromatic nitrogens is 4. The molecule has 8 bridgehead atoms. The van der Waals surface area contributed by atoms with Gasteiger partial charge >= 0.3 is 32.4 Å². The van der Waals surface area contributed by atoms with Crippen molar-refractivity contribution >= 4 is 62.4 Å². The van der Waals surface area contributed by atoms with Gasteiger partial charge in [0.2, 0.25) is 0 Å². The molecule has 3 aromatic rings. The van der Waals surface area contributed by atoms with Crippen LogP contribution in [0.15, 0.2) is 43.5 Å². The average Bonchev–Trinajstić information content (AvgIpc) is 3.59. The van der Waals surface area contributed by atoms with Crippen molar-refractivity contribution in [3.8, 4) is 0 Å². The summed E-state index contributed by atoms with van der Waals surface area (Å²) in [5, 5.41) is 18.9. The molecule has 3 aromatic heterocycles. The van der Waals surface area contributed by atoms with E-state index in [1.807, 2.05) is 52.0 Å². The van der Waals surface area contributed by atoms with Gasteiger partial charge in [-0.1, -0.05) is 66.3 Å². The van der Waals surface area contributed by atoms with Gasteiger partial charge in [-0.3, -0.25) is 9.59 Å². The number of allylic oxidation sites excluding steroid dienone is 5. The van der Waals surface area contributed by atoms with Gasteiger partial charge in [0.05, 0.1) is 22.8 Å². The van der Waals surface area contributed by atoms with Gasteiger partial charge in [-0.2, -0.15) is 0 Å². The third-order valence-electron chi connectivity index (χ3n) is 8.06. The van der Waals surface area contributed by atoms with Gasteiger partial charge in [0.15, 0.2) is 0 Å². The van der Waals surface area contributed by atoms with Gasteiger partial charge in [0, 0.05) is 18.4 Å². The zero-order chi connectivity index (χ0) is 30.3. The van der Waals surface area contributed by atoms with E-state index in [4.69, 9.17) is 19.9 Å². The molecule has 2 aliphatic heterocycles. The molecule has 0 spiro atoms. The summed E-state index contributed by atoms with van der Waals surface area (Å²) in [5.74, 6) is -1.80. The molecule has 0 amide bonds. The van der Waals surface area contributed by atoms with Gasteiger partial charge < -0.3 is 20.2 Å². The van der Waals surface area contributed by atoms with Crippen LogP contribution in [0.1, 0.15) is 78.1 Å². The number of nitrogens with zero attached hydrogens (tertiary/aromatic N) is 4. The van der Waals surface area contributed by atoms with Crippen LogP contribution in [0, 0.1) is 13.8 Å². The quantitative estimate of drug-likeness (QED) is 0.253. The first-order chi connectivity index (χ1) is 20.0. The Hall–Kier alpha value is -4.32. The van der Waals surface area contributed by atoms with Crippen LogP contribution in [-0.4, -0.2) is 32.1 Å². The predicted octanol–water partition coefficient (Wildman–Crippen LogP) is 6.76. The minimum atomic E-state index is -0.898. The minimum absolute atomic E-state index is 0. The fourth-order valence-corrected chi connectivity index (χ4v) is 5.61. The van der Waals surface area contributed by atoms with Gasteiger partial charge in [-0.25, -0.2) is 9.97 Å². The maximum absolute atomic E-state index is 11.5. The molecule has 8 nitrogen and oxygen atoms in total. The molecule has 5 rings (SSSR count). The van der Waals surface area contributed by atoms with E-state index >= 15 is 0 Å². The maximum atomic E-state index is 11.5. The van der Waals surface area contributed by atoms with Crippen LogP contribution < -0.4 is 9.97 Å². The largest absolute Gasteiger partial charge is 2.00 e. The Balaban J connectivity index is 0.00000423. The molecule has 0 radical (unpaired) electrons. The molecule has 222 valence electrons. The topological polar surface area (TPSA) is 129 Å². The Bertz CT molecular complexity index is 1920. The summed E-state index contributed by atoms with van der Waals surface area (Å²) >= 11 is 0. The number of rotatable bonds is 8. The third kappa shape index (κ3) is 5.97. The molecule has 5 heterocycles.